The Labute approximate surface area is 107 Å². The zero-order valence-electron chi connectivity index (χ0n) is 11.1. The van der Waals surface area contributed by atoms with E-state index < -0.39 is 0 Å². The van der Waals surface area contributed by atoms with Crippen LogP contribution < -0.4 is 4.74 Å². The number of Topliss-reactive ketones (excluding diaryl/α,β-unsaturated/α-hetero) is 1. The molecular formula is C15H19FO2. The van der Waals surface area contributed by atoms with E-state index in [1.165, 1.54) is 12.1 Å². The van der Waals surface area contributed by atoms with E-state index in [2.05, 4.69) is 0 Å². The number of hydrogen-bond acceptors (Lipinski definition) is 2. The molecule has 0 N–H and O–H groups in total. The third-order valence-electron chi connectivity index (χ3n) is 4.22. The summed E-state index contributed by atoms with van der Waals surface area (Å²) in [5.74, 6) is 0.519. The standard InChI is InChI=1S/C15H19FO2/c1-4-15(5-2)13(17)9-14(15)18-12-8-11(16)7-6-10(12)3/h6-8,14H,4-5,9H2,1-3H3. The van der Waals surface area contributed by atoms with Gasteiger partial charge in [0.25, 0.3) is 0 Å². The van der Waals surface area contributed by atoms with Crippen molar-refractivity contribution in [3.8, 4) is 5.75 Å². The quantitative estimate of drug-likeness (QED) is 0.815. The topological polar surface area (TPSA) is 26.3 Å². The molecule has 1 aliphatic carbocycles. The van der Waals surface area contributed by atoms with Gasteiger partial charge >= 0.3 is 0 Å². The summed E-state index contributed by atoms with van der Waals surface area (Å²) in [6, 6.07) is 4.51. The van der Waals surface area contributed by atoms with Crippen molar-refractivity contribution < 1.29 is 13.9 Å². The molecule has 3 heteroatoms. The SMILES string of the molecule is CCC1(CC)C(=O)CC1Oc1cc(F)ccc1C. The van der Waals surface area contributed by atoms with Crippen LogP contribution in [0.4, 0.5) is 4.39 Å². The molecule has 1 atom stereocenters. The van der Waals surface area contributed by atoms with Gasteiger partial charge < -0.3 is 4.74 Å². The molecule has 1 aromatic carbocycles. The normalized spacial score (nSPS) is 21.6. The summed E-state index contributed by atoms with van der Waals surface area (Å²) in [6.07, 6.45) is 1.89. The number of hydrogen-bond donors (Lipinski definition) is 0. The first kappa shape index (κ1) is 13.1. The summed E-state index contributed by atoms with van der Waals surface area (Å²) in [6.45, 7) is 5.90. The monoisotopic (exact) mass is 250 g/mol. The summed E-state index contributed by atoms with van der Waals surface area (Å²) in [5, 5.41) is 0. The maximum absolute atomic E-state index is 13.2. The second kappa shape index (κ2) is 4.71. The molecule has 2 rings (SSSR count). The van der Waals surface area contributed by atoms with Crippen LogP contribution in [0, 0.1) is 18.2 Å². The van der Waals surface area contributed by atoms with Gasteiger partial charge in [0.2, 0.25) is 0 Å². The van der Waals surface area contributed by atoms with Crippen LogP contribution in [0.1, 0.15) is 38.7 Å². The molecule has 1 aliphatic rings. The number of aryl methyl sites for hydroxylation is 1. The minimum atomic E-state index is -0.362. The predicted molar refractivity (Wildman–Crippen MR) is 68.2 cm³/mol. The van der Waals surface area contributed by atoms with Crippen LogP contribution in [0.2, 0.25) is 0 Å². The molecule has 0 heterocycles. The highest BCUT2D eigenvalue weighted by atomic mass is 19.1. The zero-order valence-corrected chi connectivity index (χ0v) is 11.1. The largest absolute Gasteiger partial charge is 0.489 e. The average molecular weight is 250 g/mol. The Balaban J connectivity index is 2.20. The van der Waals surface area contributed by atoms with Gasteiger partial charge in [-0.3, -0.25) is 4.79 Å². The fourth-order valence-electron chi connectivity index (χ4n) is 2.72. The van der Waals surface area contributed by atoms with Gasteiger partial charge in [-0.2, -0.15) is 0 Å². The molecule has 0 saturated heterocycles. The van der Waals surface area contributed by atoms with Crippen molar-refractivity contribution in [1.82, 2.24) is 0 Å². The van der Waals surface area contributed by atoms with Gasteiger partial charge in [0, 0.05) is 12.5 Å². The van der Waals surface area contributed by atoms with E-state index >= 15 is 0 Å². The molecule has 0 aliphatic heterocycles. The highest BCUT2D eigenvalue weighted by Crippen LogP contribution is 2.46. The lowest BCUT2D eigenvalue weighted by atomic mass is 9.61. The fourth-order valence-corrected chi connectivity index (χ4v) is 2.72. The van der Waals surface area contributed by atoms with Crippen LogP contribution in [0.25, 0.3) is 0 Å². The number of rotatable bonds is 4. The van der Waals surface area contributed by atoms with Crippen molar-refractivity contribution >= 4 is 5.78 Å². The first-order valence-electron chi connectivity index (χ1n) is 6.49. The Bertz CT molecular complexity index is 464. The lowest BCUT2D eigenvalue weighted by Gasteiger charge is -2.46. The number of benzene rings is 1. The second-order valence-corrected chi connectivity index (χ2v) is 5.01. The van der Waals surface area contributed by atoms with E-state index in [4.69, 9.17) is 4.74 Å². The molecule has 0 amide bonds. The maximum Gasteiger partial charge on any atom is 0.146 e. The summed E-state index contributed by atoms with van der Waals surface area (Å²) in [7, 11) is 0. The van der Waals surface area contributed by atoms with Crippen LogP contribution >= 0.6 is 0 Å². The van der Waals surface area contributed by atoms with Crippen molar-refractivity contribution in [2.45, 2.75) is 46.1 Å². The number of ether oxygens (including phenoxy) is 1. The van der Waals surface area contributed by atoms with Crippen LogP contribution in [0.15, 0.2) is 18.2 Å². The van der Waals surface area contributed by atoms with Gasteiger partial charge in [-0.05, 0) is 31.4 Å². The molecule has 1 fully saturated rings. The average Bonchev–Trinajstić information content (AvgIpc) is 2.35. The molecule has 0 bridgehead atoms. The molecule has 1 aromatic rings. The van der Waals surface area contributed by atoms with Gasteiger partial charge in [0.1, 0.15) is 23.5 Å². The van der Waals surface area contributed by atoms with Crippen LogP contribution in [0.5, 0.6) is 5.75 Å². The first-order valence-corrected chi connectivity index (χ1v) is 6.49. The fraction of sp³-hybridized carbons (Fsp3) is 0.533. The van der Waals surface area contributed by atoms with Crippen molar-refractivity contribution in [3.05, 3.63) is 29.6 Å². The minimum Gasteiger partial charge on any atom is -0.489 e. The van der Waals surface area contributed by atoms with E-state index in [1.807, 2.05) is 20.8 Å². The van der Waals surface area contributed by atoms with Crippen molar-refractivity contribution in [2.75, 3.05) is 0 Å². The molecule has 1 saturated carbocycles. The van der Waals surface area contributed by atoms with E-state index in [-0.39, 0.29) is 23.1 Å². The van der Waals surface area contributed by atoms with Gasteiger partial charge in [-0.1, -0.05) is 19.9 Å². The van der Waals surface area contributed by atoms with E-state index in [0.717, 1.165) is 18.4 Å². The molecule has 18 heavy (non-hydrogen) atoms. The summed E-state index contributed by atoms with van der Waals surface area (Å²) in [5.41, 5.74) is 0.538. The summed E-state index contributed by atoms with van der Waals surface area (Å²) in [4.78, 5) is 11.8. The van der Waals surface area contributed by atoms with Crippen LogP contribution in [0.3, 0.4) is 0 Å². The zero-order chi connectivity index (χ0) is 13.3. The smallest absolute Gasteiger partial charge is 0.146 e. The molecule has 98 valence electrons. The van der Waals surface area contributed by atoms with Crippen molar-refractivity contribution in [1.29, 1.82) is 0 Å². The lowest BCUT2D eigenvalue weighted by Crippen LogP contribution is -2.56. The Morgan fingerprint density at radius 3 is 2.61 bits per heavy atom. The maximum atomic E-state index is 13.2. The Hall–Kier alpha value is -1.38. The van der Waals surface area contributed by atoms with Crippen molar-refractivity contribution in [2.24, 2.45) is 5.41 Å². The van der Waals surface area contributed by atoms with Gasteiger partial charge in [-0.25, -0.2) is 4.39 Å². The van der Waals surface area contributed by atoms with Crippen molar-refractivity contribution in [3.63, 3.8) is 0 Å². The lowest BCUT2D eigenvalue weighted by molar-refractivity contribution is -0.153. The third-order valence-corrected chi connectivity index (χ3v) is 4.22. The number of carbonyl (C=O) groups is 1. The minimum absolute atomic E-state index is 0.111. The van der Waals surface area contributed by atoms with Gasteiger partial charge in [0.15, 0.2) is 0 Å². The Kier molecular flexibility index (Phi) is 3.42. The number of halogens is 1. The number of carbonyl (C=O) groups excluding carboxylic acids is 1. The van der Waals surface area contributed by atoms with E-state index in [9.17, 15) is 9.18 Å². The molecule has 0 aromatic heterocycles. The van der Waals surface area contributed by atoms with Gasteiger partial charge in [0.05, 0.1) is 5.41 Å². The number of ketones is 1. The molecule has 2 nitrogen and oxygen atoms in total. The van der Waals surface area contributed by atoms with Crippen LogP contribution in [-0.4, -0.2) is 11.9 Å². The van der Waals surface area contributed by atoms with E-state index in [1.54, 1.807) is 6.07 Å². The molecule has 0 spiro atoms. The molecular weight excluding hydrogens is 231 g/mol. The highest BCUT2D eigenvalue weighted by molar-refractivity contribution is 5.92. The van der Waals surface area contributed by atoms with E-state index in [0.29, 0.717) is 12.2 Å². The second-order valence-electron chi connectivity index (χ2n) is 5.01. The predicted octanol–water partition coefficient (Wildman–Crippen LogP) is 3.66. The first-order chi connectivity index (χ1) is 8.53. The Morgan fingerprint density at radius 2 is 2.06 bits per heavy atom. The summed E-state index contributed by atoms with van der Waals surface area (Å²) < 4.78 is 19.1. The van der Waals surface area contributed by atoms with Gasteiger partial charge in [-0.15, -0.1) is 0 Å². The molecule has 0 radical (unpaired) electrons. The Morgan fingerprint density at radius 1 is 1.39 bits per heavy atom. The highest BCUT2D eigenvalue weighted by Gasteiger charge is 2.53. The van der Waals surface area contributed by atoms with Crippen LogP contribution in [-0.2, 0) is 4.79 Å². The summed E-state index contributed by atoms with van der Waals surface area (Å²) >= 11 is 0. The third kappa shape index (κ3) is 1.92. The molecule has 1 unspecified atom stereocenters.